The molecule has 2 aliphatic heterocycles. The van der Waals surface area contributed by atoms with Crippen molar-refractivity contribution >= 4 is 63.2 Å². The Labute approximate surface area is 408 Å². The number of esters is 1. The molecule has 0 unspecified atom stereocenters. The molecule has 0 spiro atoms. The van der Waals surface area contributed by atoms with Gasteiger partial charge in [-0.1, -0.05) is 163 Å². The van der Waals surface area contributed by atoms with E-state index in [9.17, 15) is 4.79 Å². The maximum atomic E-state index is 14.9. The average Bonchev–Trinajstić information content (AvgIpc) is 3.76. The minimum atomic E-state index is -0.319. The summed E-state index contributed by atoms with van der Waals surface area (Å²) < 4.78 is 6.29. The van der Waals surface area contributed by atoms with Gasteiger partial charge in [-0.05, 0) is 169 Å². The fraction of sp³-hybridized carbons (Fsp3) is 0.413. The number of rotatable bonds is 6. The van der Waals surface area contributed by atoms with Crippen LogP contribution in [0, 0.1) is 0 Å². The number of aryl methyl sites for hydroxylation is 2. The molecule has 4 aliphatic rings. The maximum absolute atomic E-state index is 14.9. The fourth-order valence-electron chi connectivity index (χ4n) is 11.5. The van der Waals surface area contributed by atoms with Crippen LogP contribution in [0.5, 0.6) is 0 Å². The molecule has 0 atom stereocenters. The minimum absolute atomic E-state index is 0.0397. The molecule has 1 saturated carbocycles. The number of hydrogen-bond acceptors (Lipinski definition) is 4. The lowest BCUT2D eigenvalue weighted by atomic mass is 9.33. The summed E-state index contributed by atoms with van der Waals surface area (Å²) in [7, 11) is 0. The van der Waals surface area contributed by atoms with Crippen molar-refractivity contribution in [3.05, 3.63) is 159 Å². The average molecular weight is 901 g/mol. The first-order valence-electron chi connectivity index (χ1n) is 25.7. The zero-order valence-electron chi connectivity index (χ0n) is 43.1. The Morgan fingerprint density at radius 2 is 1.03 bits per heavy atom. The highest BCUT2D eigenvalue weighted by Gasteiger charge is 2.45. The number of nitrogens with zero attached hydrogens (tertiary/aromatic N) is 2. The predicted octanol–water partition coefficient (Wildman–Crippen LogP) is 14.9. The summed E-state index contributed by atoms with van der Waals surface area (Å²) in [6, 6.07) is 41.5. The topological polar surface area (TPSA) is 32.8 Å². The summed E-state index contributed by atoms with van der Waals surface area (Å²) in [6.45, 7) is 28.1. The van der Waals surface area contributed by atoms with Crippen LogP contribution in [-0.4, -0.2) is 12.7 Å². The van der Waals surface area contributed by atoms with Gasteiger partial charge in [0.05, 0.1) is 5.56 Å². The van der Waals surface area contributed by atoms with Crippen molar-refractivity contribution in [2.75, 3.05) is 9.80 Å². The van der Waals surface area contributed by atoms with E-state index in [-0.39, 0.29) is 40.9 Å². The first kappa shape index (κ1) is 46.2. The molecule has 2 aliphatic carbocycles. The van der Waals surface area contributed by atoms with Gasteiger partial charge >= 0.3 is 5.97 Å². The van der Waals surface area contributed by atoms with Crippen LogP contribution in [0.4, 0.5) is 34.1 Å². The molecular weight excluding hydrogens is 828 g/mol. The minimum Gasteiger partial charge on any atom is -0.457 e. The lowest BCUT2D eigenvalue weighted by Gasteiger charge is -2.45. The molecule has 0 amide bonds. The van der Waals surface area contributed by atoms with E-state index >= 15 is 0 Å². The van der Waals surface area contributed by atoms with Crippen LogP contribution in [0.2, 0.25) is 0 Å². The number of fused-ring (bicyclic) bond motifs is 5. The zero-order valence-corrected chi connectivity index (χ0v) is 43.1. The van der Waals surface area contributed by atoms with Gasteiger partial charge < -0.3 is 14.5 Å². The van der Waals surface area contributed by atoms with Crippen LogP contribution in [0.15, 0.2) is 109 Å². The second-order valence-corrected chi connectivity index (χ2v) is 24.8. The van der Waals surface area contributed by atoms with E-state index in [1.165, 1.54) is 105 Å². The highest BCUT2D eigenvalue weighted by Crippen LogP contribution is 2.49. The van der Waals surface area contributed by atoms with Crippen LogP contribution < -0.4 is 26.2 Å². The van der Waals surface area contributed by atoms with Crippen LogP contribution in [0.1, 0.15) is 182 Å². The number of ether oxygens (including phenoxy) is 1. The first-order chi connectivity index (χ1) is 32.1. The van der Waals surface area contributed by atoms with Crippen LogP contribution >= 0.6 is 0 Å². The Bertz CT molecular complexity index is 2870. The largest absolute Gasteiger partial charge is 0.457 e. The maximum Gasteiger partial charge on any atom is 0.338 e. The quantitative estimate of drug-likeness (QED) is 0.123. The Kier molecular flexibility index (Phi) is 11.4. The molecular formula is C63H73BN2O2. The van der Waals surface area contributed by atoms with Crippen LogP contribution in [0.25, 0.3) is 0 Å². The first-order valence-corrected chi connectivity index (χ1v) is 25.7. The summed E-state index contributed by atoms with van der Waals surface area (Å²) >= 11 is 0. The Morgan fingerprint density at radius 1 is 0.529 bits per heavy atom. The van der Waals surface area contributed by atoms with Gasteiger partial charge in [-0.15, -0.1) is 0 Å². The van der Waals surface area contributed by atoms with Gasteiger partial charge in [-0.25, -0.2) is 4.79 Å². The van der Waals surface area contributed by atoms with Gasteiger partial charge in [0, 0.05) is 34.1 Å². The fourth-order valence-corrected chi connectivity index (χ4v) is 11.5. The molecule has 4 nitrogen and oxygen atoms in total. The highest BCUT2D eigenvalue weighted by atomic mass is 16.5. The highest BCUT2D eigenvalue weighted by molar-refractivity contribution is 7.00. The lowest BCUT2D eigenvalue weighted by Crippen LogP contribution is -2.61. The zero-order chi connectivity index (χ0) is 48.1. The third-order valence-corrected chi connectivity index (χ3v) is 15.6. The monoisotopic (exact) mass is 901 g/mol. The normalized spacial score (nSPS) is 16.0. The number of anilines is 6. The third kappa shape index (κ3) is 8.51. The van der Waals surface area contributed by atoms with Crippen molar-refractivity contribution in [3.63, 3.8) is 0 Å². The second kappa shape index (κ2) is 16.8. The van der Waals surface area contributed by atoms with Crippen molar-refractivity contribution in [2.45, 2.75) is 169 Å². The van der Waals surface area contributed by atoms with Gasteiger partial charge in [0.25, 0.3) is 6.71 Å². The van der Waals surface area contributed by atoms with Crippen molar-refractivity contribution in [1.82, 2.24) is 0 Å². The summed E-state index contributed by atoms with van der Waals surface area (Å²) in [5, 5.41) is 0. The van der Waals surface area contributed by atoms with Gasteiger partial charge in [0.1, 0.15) is 6.61 Å². The number of hydrogen-bond donors (Lipinski definition) is 0. The number of benzene rings is 6. The third-order valence-electron chi connectivity index (χ3n) is 15.6. The standard InChI is InChI=1S/C63H73BN2O2/c1-60(2,3)46-33-47(61(4,5)6)36-50(35-46)65-54-27-26-44(41-22-17-14-18-23-41)29-52(54)64-53-28-42-24-19-25-43(42)30-55(53)66(51-37-48(62(7,8)9)34-49(38-51)63(10,11)12)57-32-45(31-56(65)58(57)64)59(67)68-39-40-20-15-13-16-21-40/h13,15-16,20-21,26-38,41H,14,17-19,22-25,39H2,1-12H3. The molecule has 5 heteroatoms. The smallest absolute Gasteiger partial charge is 0.338 e. The molecule has 68 heavy (non-hydrogen) atoms. The van der Waals surface area contributed by atoms with Crippen molar-refractivity contribution in [1.29, 1.82) is 0 Å². The Balaban J connectivity index is 1.32. The number of carbonyl (C=O) groups is 1. The molecule has 0 radical (unpaired) electrons. The van der Waals surface area contributed by atoms with E-state index in [1.807, 2.05) is 30.3 Å². The van der Waals surface area contributed by atoms with E-state index in [1.54, 1.807) is 0 Å². The SMILES string of the molecule is CC(C)(C)c1cc(N2c3ccc(C4CCCCC4)cc3B3c4cc5c(cc4N(c4cc(C(C)(C)C)cc(C(C)(C)C)c4)c4cc(C(=O)OCc6ccccc6)cc2c43)CCC5)cc(C(C)(C)C)c1. The predicted molar refractivity (Wildman–Crippen MR) is 289 cm³/mol. The van der Waals surface area contributed by atoms with Gasteiger partial charge in [-0.3, -0.25) is 0 Å². The molecule has 0 saturated heterocycles. The van der Waals surface area contributed by atoms with Crippen molar-refractivity contribution in [3.8, 4) is 0 Å². The van der Waals surface area contributed by atoms with Gasteiger partial charge in [0.2, 0.25) is 0 Å². The van der Waals surface area contributed by atoms with Gasteiger partial charge in [-0.2, -0.15) is 0 Å². The van der Waals surface area contributed by atoms with E-state index in [0.29, 0.717) is 11.5 Å². The molecule has 0 bridgehead atoms. The lowest BCUT2D eigenvalue weighted by molar-refractivity contribution is 0.0472. The molecule has 1 fully saturated rings. The molecule has 0 N–H and O–H groups in total. The summed E-state index contributed by atoms with van der Waals surface area (Å²) in [4.78, 5) is 20.0. The van der Waals surface area contributed by atoms with Crippen LogP contribution in [-0.2, 0) is 45.8 Å². The molecule has 350 valence electrons. The molecule has 10 rings (SSSR count). The summed E-state index contributed by atoms with van der Waals surface area (Å²) in [5.74, 6) is 0.234. The number of carbonyl (C=O) groups excluding carboxylic acids is 1. The molecule has 6 aromatic carbocycles. The van der Waals surface area contributed by atoms with Gasteiger partial charge in [0.15, 0.2) is 0 Å². The van der Waals surface area contributed by atoms with E-state index in [2.05, 4.69) is 172 Å². The van der Waals surface area contributed by atoms with E-state index < -0.39 is 0 Å². The Morgan fingerprint density at radius 3 is 1.56 bits per heavy atom. The van der Waals surface area contributed by atoms with Crippen LogP contribution in [0.3, 0.4) is 0 Å². The second-order valence-electron chi connectivity index (χ2n) is 24.8. The molecule has 2 heterocycles. The summed E-state index contributed by atoms with van der Waals surface area (Å²) in [6.07, 6.45) is 9.73. The summed E-state index contributed by atoms with van der Waals surface area (Å²) in [5.41, 5.74) is 21.5. The molecule has 0 aromatic heterocycles. The van der Waals surface area contributed by atoms with Crippen molar-refractivity contribution in [2.24, 2.45) is 0 Å². The Hall–Kier alpha value is -5.55. The van der Waals surface area contributed by atoms with E-state index in [0.717, 1.165) is 41.2 Å². The van der Waals surface area contributed by atoms with E-state index in [4.69, 9.17) is 4.74 Å². The van der Waals surface area contributed by atoms with Crippen molar-refractivity contribution < 1.29 is 9.53 Å². The molecule has 6 aromatic rings.